The summed E-state index contributed by atoms with van der Waals surface area (Å²) >= 11 is 6.17. The molecule has 7 nitrogen and oxygen atoms in total. The van der Waals surface area contributed by atoms with E-state index in [1.54, 1.807) is 24.3 Å². The maximum Gasteiger partial charge on any atom is 0.271 e. The van der Waals surface area contributed by atoms with Crippen LogP contribution in [0.5, 0.6) is 0 Å². The highest BCUT2D eigenvalue weighted by atomic mass is 35.5. The molecule has 3 rings (SSSR count). The number of nitrogens with one attached hydrogen (secondary N) is 2. The summed E-state index contributed by atoms with van der Waals surface area (Å²) in [5.74, 6) is -1.30. The van der Waals surface area contributed by atoms with Gasteiger partial charge in [0.05, 0.1) is 17.3 Å². The van der Waals surface area contributed by atoms with Gasteiger partial charge in [-0.3, -0.25) is 14.4 Å². The summed E-state index contributed by atoms with van der Waals surface area (Å²) in [4.78, 5) is 35.8. The first-order chi connectivity index (χ1) is 13.8. The van der Waals surface area contributed by atoms with E-state index in [2.05, 4.69) is 15.7 Å². The number of carbonyl (C=O) groups is 3. The minimum atomic E-state index is -0.476. The molecule has 1 aliphatic rings. The molecule has 0 saturated heterocycles. The molecule has 0 atom stereocenters. The van der Waals surface area contributed by atoms with Gasteiger partial charge in [-0.15, -0.1) is 0 Å². The highest BCUT2D eigenvalue weighted by molar-refractivity contribution is 6.44. The summed E-state index contributed by atoms with van der Waals surface area (Å²) in [6.07, 6.45) is 0.342. The summed E-state index contributed by atoms with van der Waals surface area (Å²) in [7, 11) is 0. The van der Waals surface area contributed by atoms with Crippen LogP contribution >= 0.6 is 11.6 Å². The molecule has 1 heterocycles. The number of hydrazone groups is 1. The minimum Gasteiger partial charge on any atom is -0.326 e. The van der Waals surface area contributed by atoms with Crippen LogP contribution < -0.4 is 10.6 Å². The van der Waals surface area contributed by atoms with Gasteiger partial charge in [0.1, 0.15) is 11.5 Å². The Morgan fingerprint density at radius 2 is 1.86 bits per heavy atom. The molecule has 1 aliphatic heterocycles. The first kappa shape index (κ1) is 20.5. The number of hydrogen-bond acceptors (Lipinski definition) is 4. The van der Waals surface area contributed by atoms with Gasteiger partial charge in [0.15, 0.2) is 0 Å². The smallest absolute Gasteiger partial charge is 0.271 e. The topological polar surface area (TPSA) is 90.9 Å². The molecule has 29 heavy (non-hydrogen) atoms. The lowest BCUT2D eigenvalue weighted by atomic mass is 10.1. The summed E-state index contributed by atoms with van der Waals surface area (Å²) in [6.45, 7) is 1.52. The molecule has 0 bridgehead atoms. The van der Waals surface area contributed by atoms with Crippen molar-refractivity contribution in [2.24, 2.45) is 5.10 Å². The zero-order valence-corrected chi connectivity index (χ0v) is 16.3. The summed E-state index contributed by atoms with van der Waals surface area (Å²) < 4.78 is 13.0. The van der Waals surface area contributed by atoms with Crippen LogP contribution in [0.2, 0.25) is 5.02 Å². The van der Waals surface area contributed by atoms with E-state index < -0.39 is 5.91 Å². The van der Waals surface area contributed by atoms with E-state index in [4.69, 9.17) is 11.6 Å². The van der Waals surface area contributed by atoms with E-state index in [1.165, 1.54) is 30.1 Å². The molecule has 150 valence electrons. The summed E-state index contributed by atoms with van der Waals surface area (Å²) in [5.41, 5.74) is 1.75. The maximum absolute atomic E-state index is 13.0. The Labute approximate surface area is 171 Å². The van der Waals surface area contributed by atoms with E-state index >= 15 is 0 Å². The van der Waals surface area contributed by atoms with Crippen LogP contribution in [0, 0.1) is 5.82 Å². The van der Waals surface area contributed by atoms with Gasteiger partial charge >= 0.3 is 0 Å². The quantitative estimate of drug-likeness (QED) is 0.780. The van der Waals surface area contributed by atoms with E-state index in [0.29, 0.717) is 16.9 Å². The minimum absolute atomic E-state index is 0.141. The molecule has 0 aromatic heterocycles. The average Bonchev–Trinajstić information content (AvgIpc) is 2.67. The Balaban J connectivity index is 1.71. The van der Waals surface area contributed by atoms with Crippen molar-refractivity contribution in [2.75, 3.05) is 10.6 Å². The van der Waals surface area contributed by atoms with E-state index in [0.717, 1.165) is 0 Å². The van der Waals surface area contributed by atoms with Crippen LogP contribution in [0.1, 0.15) is 25.3 Å². The first-order valence-electron chi connectivity index (χ1n) is 8.82. The second-order valence-electron chi connectivity index (χ2n) is 6.45. The monoisotopic (exact) mass is 416 g/mol. The molecule has 0 saturated carbocycles. The van der Waals surface area contributed by atoms with Gasteiger partial charge in [0, 0.05) is 25.5 Å². The molecule has 0 unspecified atom stereocenters. The van der Waals surface area contributed by atoms with Crippen LogP contribution in [0.4, 0.5) is 15.8 Å². The fourth-order valence-electron chi connectivity index (χ4n) is 2.74. The standard InChI is InChI=1S/C20H18ClFN4O3/c1-12(27)23-15-6-7-17(16(21)10-15)24-20(29)18-8-9-19(28)26(25-18)11-13-2-4-14(22)5-3-13/h2-7,10H,8-9,11H2,1H3,(H,23,27)(H,24,29). The number of halogens is 2. The number of amides is 3. The Kier molecular flexibility index (Phi) is 6.23. The molecule has 3 amide bonds. The third-order valence-electron chi connectivity index (χ3n) is 4.15. The van der Waals surface area contributed by atoms with Crippen molar-refractivity contribution in [1.82, 2.24) is 5.01 Å². The van der Waals surface area contributed by atoms with Crippen molar-refractivity contribution >= 4 is 46.4 Å². The zero-order valence-electron chi connectivity index (χ0n) is 15.5. The van der Waals surface area contributed by atoms with Gasteiger partial charge in [-0.25, -0.2) is 9.40 Å². The third kappa shape index (κ3) is 5.39. The van der Waals surface area contributed by atoms with Crippen molar-refractivity contribution in [2.45, 2.75) is 26.3 Å². The van der Waals surface area contributed by atoms with Crippen molar-refractivity contribution in [3.8, 4) is 0 Å². The van der Waals surface area contributed by atoms with Crippen LogP contribution in [0.25, 0.3) is 0 Å². The van der Waals surface area contributed by atoms with Gasteiger partial charge in [-0.2, -0.15) is 5.10 Å². The van der Waals surface area contributed by atoms with Gasteiger partial charge < -0.3 is 10.6 Å². The lowest BCUT2D eigenvalue weighted by Gasteiger charge is -2.23. The molecule has 2 aromatic carbocycles. The second-order valence-corrected chi connectivity index (χ2v) is 6.86. The fourth-order valence-corrected chi connectivity index (χ4v) is 2.97. The average molecular weight is 417 g/mol. The molecule has 9 heteroatoms. The molecule has 0 spiro atoms. The van der Waals surface area contributed by atoms with Crippen molar-refractivity contribution in [1.29, 1.82) is 0 Å². The maximum atomic E-state index is 13.0. The largest absolute Gasteiger partial charge is 0.326 e. The Hall–Kier alpha value is -3.26. The van der Waals surface area contributed by atoms with Crippen LogP contribution in [0.3, 0.4) is 0 Å². The summed E-state index contributed by atoms with van der Waals surface area (Å²) in [6, 6.07) is 10.4. The van der Waals surface area contributed by atoms with Gasteiger partial charge in [-0.05, 0) is 35.9 Å². The zero-order chi connectivity index (χ0) is 21.0. The lowest BCUT2D eigenvalue weighted by molar-refractivity contribution is -0.132. The van der Waals surface area contributed by atoms with Crippen LogP contribution in [0.15, 0.2) is 47.6 Å². The molecule has 2 N–H and O–H groups in total. The van der Waals surface area contributed by atoms with Gasteiger partial charge in [0.25, 0.3) is 5.91 Å². The van der Waals surface area contributed by atoms with E-state index in [-0.39, 0.29) is 47.8 Å². The highest BCUT2D eigenvalue weighted by Crippen LogP contribution is 2.26. The lowest BCUT2D eigenvalue weighted by Crippen LogP contribution is -2.36. The Bertz CT molecular complexity index is 992. The number of carbonyl (C=O) groups excluding carboxylic acids is 3. The molecule has 0 radical (unpaired) electrons. The van der Waals surface area contributed by atoms with Crippen LogP contribution in [-0.4, -0.2) is 28.4 Å². The normalized spacial score (nSPS) is 13.7. The van der Waals surface area contributed by atoms with Crippen molar-refractivity contribution in [3.05, 3.63) is 58.9 Å². The first-order valence-corrected chi connectivity index (χ1v) is 9.20. The Morgan fingerprint density at radius 3 is 2.52 bits per heavy atom. The van der Waals surface area contributed by atoms with E-state index in [1.807, 2.05) is 0 Å². The SMILES string of the molecule is CC(=O)Nc1ccc(NC(=O)C2=NN(Cc3ccc(F)cc3)C(=O)CC2)c(Cl)c1. The van der Waals surface area contributed by atoms with Crippen molar-refractivity contribution in [3.63, 3.8) is 0 Å². The van der Waals surface area contributed by atoms with Crippen LogP contribution in [-0.2, 0) is 20.9 Å². The highest BCUT2D eigenvalue weighted by Gasteiger charge is 2.25. The predicted octanol–water partition coefficient (Wildman–Crippen LogP) is 3.55. The second kappa shape index (κ2) is 8.83. The third-order valence-corrected chi connectivity index (χ3v) is 4.46. The number of hydrogen-bond donors (Lipinski definition) is 2. The number of rotatable bonds is 5. The summed E-state index contributed by atoms with van der Waals surface area (Å²) in [5, 5.41) is 10.9. The number of benzene rings is 2. The predicted molar refractivity (Wildman–Crippen MR) is 108 cm³/mol. The van der Waals surface area contributed by atoms with Crippen molar-refractivity contribution < 1.29 is 18.8 Å². The number of anilines is 2. The molecule has 0 fully saturated rings. The molecule has 2 aromatic rings. The van der Waals surface area contributed by atoms with Gasteiger partial charge in [0.2, 0.25) is 11.8 Å². The molecule has 0 aliphatic carbocycles. The molecular weight excluding hydrogens is 399 g/mol. The van der Waals surface area contributed by atoms with E-state index in [9.17, 15) is 18.8 Å². The number of nitrogens with zero attached hydrogens (tertiary/aromatic N) is 2. The Morgan fingerprint density at radius 1 is 1.14 bits per heavy atom. The fraction of sp³-hybridized carbons (Fsp3) is 0.200. The molecular formula is C20H18ClFN4O3. The van der Waals surface area contributed by atoms with Gasteiger partial charge in [-0.1, -0.05) is 23.7 Å².